The van der Waals surface area contributed by atoms with E-state index in [4.69, 9.17) is 0 Å². The number of benzene rings is 1. The van der Waals surface area contributed by atoms with Crippen LogP contribution in [0.3, 0.4) is 0 Å². The minimum atomic E-state index is 0.241. The van der Waals surface area contributed by atoms with Crippen LogP contribution in [0.15, 0.2) is 53.6 Å². The normalized spacial score (nSPS) is 20.9. The molecule has 0 radical (unpaired) electrons. The summed E-state index contributed by atoms with van der Waals surface area (Å²) in [6.45, 7) is 0. The minimum Gasteiger partial charge on any atom is -0.371 e. The van der Waals surface area contributed by atoms with E-state index in [0.29, 0.717) is 0 Å². The number of rotatable bonds is 2. The lowest BCUT2D eigenvalue weighted by Crippen LogP contribution is -2.20. The smallest absolute Gasteiger partial charge is 0.0780 e. The van der Waals surface area contributed by atoms with E-state index in [0.717, 1.165) is 12.8 Å². The van der Waals surface area contributed by atoms with E-state index < -0.39 is 0 Å². The van der Waals surface area contributed by atoms with Crippen LogP contribution < -0.4 is 5.32 Å². The fourth-order valence-electron chi connectivity index (χ4n) is 2.32. The van der Waals surface area contributed by atoms with E-state index in [1.54, 1.807) is 0 Å². The van der Waals surface area contributed by atoms with Crippen molar-refractivity contribution in [2.45, 2.75) is 25.3 Å². The van der Waals surface area contributed by atoms with Gasteiger partial charge in [0.15, 0.2) is 0 Å². The Morgan fingerprint density at radius 2 is 2.18 bits per heavy atom. The zero-order chi connectivity index (χ0) is 11.5. The van der Waals surface area contributed by atoms with Crippen LogP contribution >= 0.6 is 0 Å². The van der Waals surface area contributed by atoms with Gasteiger partial charge in [0, 0.05) is 0 Å². The molecule has 17 heavy (non-hydrogen) atoms. The van der Waals surface area contributed by atoms with Crippen LogP contribution in [0.4, 0.5) is 0 Å². The Hall–Kier alpha value is -1.94. The highest BCUT2D eigenvalue weighted by molar-refractivity contribution is 5.57. The maximum atomic E-state index is 3.55. The van der Waals surface area contributed by atoms with E-state index in [1.807, 2.05) is 6.08 Å². The SMILES string of the molecule is C1=Cc2ccccc2C(NC2=C=CCCC2)C=1. The molecule has 1 N–H and O–H groups in total. The second-order valence-corrected chi connectivity index (χ2v) is 4.45. The van der Waals surface area contributed by atoms with E-state index in [9.17, 15) is 0 Å². The summed E-state index contributed by atoms with van der Waals surface area (Å²) in [5, 5.41) is 3.55. The number of hydrogen-bond donors (Lipinski definition) is 1. The Labute approximate surface area is 102 Å². The highest BCUT2D eigenvalue weighted by atomic mass is 14.9. The fraction of sp³-hybridized carbons (Fsp3) is 0.250. The molecule has 0 amide bonds. The van der Waals surface area contributed by atoms with Crippen LogP contribution in [-0.4, -0.2) is 0 Å². The van der Waals surface area contributed by atoms with E-state index in [1.165, 1.54) is 23.2 Å². The molecule has 2 aliphatic carbocycles. The summed E-state index contributed by atoms with van der Waals surface area (Å²) in [6.07, 6.45) is 9.74. The van der Waals surface area contributed by atoms with Crippen molar-refractivity contribution >= 4 is 6.08 Å². The summed E-state index contributed by atoms with van der Waals surface area (Å²) in [7, 11) is 0. The predicted octanol–water partition coefficient (Wildman–Crippen LogP) is 3.72. The third-order valence-electron chi connectivity index (χ3n) is 3.21. The van der Waals surface area contributed by atoms with Gasteiger partial charge in [-0.15, -0.1) is 11.5 Å². The van der Waals surface area contributed by atoms with Crippen LogP contribution in [0.1, 0.15) is 36.4 Å². The second kappa shape index (κ2) is 4.51. The lowest BCUT2D eigenvalue weighted by atomic mass is 9.96. The zero-order valence-corrected chi connectivity index (χ0v) is 9.74. The van der Waals surface area contributed by atoms with Gasteiger partial charge in [-0.05, 0) is 48.6 Å². The largest absolute Gasteiger partial charge is 0.371 e. The molecule has 84 valence electrons. The fourth-order valence-corrected chi connectivity index (χ4v) is 2.32. The first-order valence-electron chi connectivity index (χ1n) is 6.15. The number of allylic oxidation sites excluding steroid dienone is 1. The first-order valence-corrected chi connectivity index (χ1v) is 6.15. The van der Waals surface area contributed by atoms with Crippen molar-refractivity contribution in [3.63, 3.8) is 0 Å². The first-order chi connectivity index (χ1) is 8.43. The number of hydrogen-bond acceptors (Lipinski definition) is 1. The van der Waals surface area contributed by atoms with Gasteiger partial charge in [0.25, 0.3) is 0 Å². The minimum absolute atomic E-state index is 0.241. The molecule has 0 fully saturated rings. The van der Waals surface area contributed by atoms with Gasteiger partial charge in [-0.1, -0.05) is 24.3 Å². The van der Waals surface area contributed by atoms with Gasteiger partial charge in [0.05, 0.1) is 11.7 Å². The monoisotopic (exact) mass is 221 g/mol. The molecule has 1 unspecified atom stereocenters. The van der Waals surface area contributed by atoms with Gasteiger partial charge >= 0.3 is 0 Å². The van der Waals surface area contributed by atoms with Crippen molar-refractivity contribution in [2.75, 3.05) is 0 Å². The average Bonchev–Trinajstić information content (AvgIpc) is 2.40. The molecule has 1 heteroatoms. The molecular weight excluding hydrogens is 206 g/mol. The van der Waals surface area contributed by atoms with E-state index >= 15 is 0 Å². The van der Waals surface area contributed by atoms with Crippen LogP contribution in [0, 0.1) is 0 Å². The van der Waals surface area contributed by atoms with Gasteiger partial charge in [-0.3, -0.25) is 0 Å². The van der Waals surface area contributed by atoms with Gasteiger partial charge < -0.3 is 5.32 Å². The van der Waals surface area contributed by atoms with Crippen molar-refractivity contribution in [3.05, 3.63) is 64.7 Å². The van der Waals surface area contributed by atoms with Crippen molar-refractivity contribution in [1.82, 2.24) is 5.32 Å². The standard InChI is InChI=1S/C16H15N/c1-2-9-14(10-3-1)17-16-12-6-8-13-7-4-5-11-15(13)16/h2,4-5,7-8,11-12,16-17H,1,3,10H2. The lowest BCUT2D eigenvalue weighted by molar-refractivity contribution is 0.652. The third-order valence-corrected chi connectivity index (χ3v) is 3.21. The van der Waals surface area contributed by atoms with Gasteiger partial charge in [0.1, 0.15) is 0 Å². The summed E-state index contributed by atoms with van der Waals surface area (Å²) in [5.41, 5.74) is 10.3. The molecule has 1 aromatic carbocycles. The van der Waals surface area contributed by atoms with E-state index in [2.05, 4.69) is 53.2 Å². The lowest BCUT2D eigenvalue weighted by Gasteiger charge is -2.21. The van der Waals surface area contributed by atoms with Crippen molar-refractivity contribution in [3.8, 4) is 0 Å². The third kappa shape index (κ3) is 2.12. The molecule has 1 nitrogen and oxygen atoms in total. The van der Waals surface area contributed by atoms with Crippen LogP contribution in [0.5, 0.6) is 0 Å². The molecule has 1 atom stereocenters. The topological polar surface area (TPSA) is 12.0 Å². The molecule has 3 rings (SSSR count). The molecule has 1 aromatic rings. The summed E-state index contributed by atoms with van der Waals surface area (Å²) >= 11 is 0. The summed E-state index contributed by atoms with van der Waals surface area (Å²) < 4.78 is 0. The van der Waals surface area contributed by atoms with Crippen LogP contribution in [0.2, 0.25) is 0 Å². The highest BCUT2D eigenvalue weighted by Gasteiger charge is 2.14. The van der Waals surface area contributed by atoms with E-state index in [-0.39, 0.29) is 6.04 Å². The molecule has 0 aliphatic heterocycles. The Morgan fingerprint density at radius 3 is 3.06 bits per heavy atom. The van der Waals surface area contributed by atoms with Crippen molar-refractivity contribution in [2.24, 2.45) is 0 Å². The Balaban J connectivity index is 1.90. The van der Waals surface area contributed by atoms with Crippen molar-refractivity contribution < 1.29 is 0 Å². The quantitative estimate of drug-likeness (QED) is 0.750. The molecule has 0 heterocycles. The van der Waals surface area contributed by atoms with Crippen LogP contribution in [-0.2, 0) is 0 Å². The second-order valence-electron chi connectivity index (χ2n) is 4.45. The summed E-state index contributed by atoms with van der Waals surface area (Å²) in [5.74, 6) is 0. The molecule has 0 saturated heterocycles. The molecular formula is C16H15N. The number of nitrogens with one attached hydrogen (secondary N) is 1. The molecule has 2 aliphatic rings. The first kappa shape index (κ1) is 10.2. The Bertz CT molecular complexity index is 553. The highest BCUT2D eigenvalue weighted by Crippen LogP contribution is 2.25. The number of fused-ring (bicyclic) bond motifs is 1. The van der Waals surface area contributed by atoms with Gasteiger partial charge in [-0.2, -0.15) is 0 Å². The Kier molecular flexibility index (Phi) is 2.71. The van der Waals surface area contributed by atoms with Gasteiger partial charge in [-0.25, -0.2) is 0 Å². The maximum Gasteiger partial charge on any atom is 0.0780 e. The molecule has 0 spiro atoms. The zero-order valence-electron chi connectivity index (χ0n) is 9.74. The molecule has 0 aromatic heterocycles. The predicted molar refractivity (Wildman–Crippen MR) is 70.3 cm³/mol. The average molecular weight is 221 g/mol. The Morgan fingerprint density at radius 1 is 1.24 bits per heavy atom. The van der Waals surface area contributed by atoms with Crippen molar-refractivity contribution in [1.29, 1.82) is 0 Å². The van der Waals surface area contributed by atoms with Crippen LogP contribution in [0.25, 0.3) is 6.08 Å². The maximum absolute atomic E-state index is 3.55. The molecule has 0 bridgehead atoms. The molecule has 0 saturated carbocycles. The summed E-state index contributed by atoms with van der Waals surface area (Å²) in [6, 6.07) is 8.71. The van der Waals surface area contributed by atoms with Gasteiger partial charge in [0.2, 0.25) is 0 Å². The summed E-state index contributed by atoms with van der Waals surface area (Å²) in [4.78, 5) is 0.